The van der Waals surface area contributed by atoms with Gasteiger partial charge in [-0.3, -0.25) is 0 Å². The van der Waals surface area contributed by atoms with Crippen LogP contribution in [0.25, 0.3) is 10.9 Å². The van der Waals surface area contributed by atoms with Gasteiger partial charge in [0.2, 0.25) is 0 Å². The second-order valence-electron chi connectivity index (χ2n) is 3.09. The van der Waals surface area contributed by atoms with Crippen molar-refractivity contribution < 1.29 is 0 Å². The molecule has 0 radical (unpaired) electrons. The first-order valence-corrected chi connectivity index (χ1v) is 5.38. The summed E-state index contributed by atoms with van der Waals surface area (Å²) in [5.74, 6) is 0. The molecule has 2 aromatic rings. The van der Waals surface area contributed by atoms with Gasteiger partial charge in [0.15, 0.2) is 0 Å². The van der Waals surface area contributed by atoms with E-state index in [0.29, 0.717) is 0 Å². The largest absolute Gasteiger partial charge is 0.345 e. The van der Waals surface area contributed by atoms with Crippen LogP contribution in [0.5, 0.6) is 0 Å². The number of aryl methyl sites for hydroxylation is 2. The molecule has 2 rings (SSSR count). The van der Waals surface area contributed by atoms with Gasteiger partial charge in [0.1, 0.15) is 0 Å². The highest BCUT2D eigenvalue weighted by Crippen LogP contribution is 2.18. The molecule has 0 aliphatic rings. The number of fused-ring (bicyclic) bond motifs is 1. The summed E-state index contributed by atoms with van der Waals surface area (Å²) < 4.78 is 2.33. The summed E-state index contributed by atoms with van der Waals surface area (Å²) in [6.45, 7) is 9.39. The fourth-order valence-electron chi connectivity index (χ4n) is 1.77. The molecule has 1 heteroatoms. The molecule has 0 aliphatic carbocycles. The molecular weight excluding hydrogens is 170 g/mol. The molecule has 0 N–H and O–H groups in total. The third kappa shape index (κ3) is 1.82. The Morgan fingerprint density at radius 2 is 1.79 bits per heavy atom. The molecule has 0 unspecified atom stereocenters. The topological polar surface area (TPSA) is 4.93 Å². The van der Waals surface area contributed by atoms with Crippen molar-refractivity contribution in [3.63, 3.8) is 0 Å². The van der Waals surface area contributed by atoms with Gasteiger partial charge in [-0.25, -0.2) is 0 Å². The molecule has 0 aliphatic heterocycles. The second kappa shape index (κ2) is 4.85. The van der Waals surface area contributed by atoms with Crippen LogP contribution in [-0.2, 0) is 6.54 Å². The highest BCUT2D eigenvalue weighted by molar-refractivity contribution is 5.81. The predicted molar refractivity (Wildman–Crippen MR) is 63.7 cm³/mol. The summed E-state index contributed by atoms with van der Waals surface area (Å²) in [4.78, 5) is 0. The van der Waals surface area contributed by atoms with Crippen LogP contribution in [0.2, 0.25) is 0 Å². The summed E-state index contributed by atoms with van der Waals surface area (Å²) in [6.07, 6.45) is 0. The average molecular weight is 189 g/mol. The van der Waals surface area contributed by atoms with E-state index in [2.05, 4.69) is 48.7 Å². The molecule has 0 spiro atoms. The number of rotatable bonds is 1. The van der Waals surface area contributed by atoms with E-state index in [-0.39, 0.29) is 0 Å². The van der Waals surface area contributed by atoms with E-state index in [0.717, 1.165) is 6.54 Å². The maximum Gasteiger partial charge on any atom is 0.0482 e. The van der Waals surface area contributed by atoms with Gasteiger partial charge in [-0.1, -0.05) is 32.0 Å². The van der Waals surface area contributed by atoms with Crippen molar-refractivity contribution in [2.24, 2.45) is 0 Å². The van der Waals surface area contributed by atoms with E-state index >= 15 is 0 Å². The first kappa shape index (κ1) is 10.8. The second-order valence-corrected chi connectivity index (χ2v) is 3.09. The van der Waals surface area contributed by atoms with Crippen molar-refractivity contribution in [1.82, 2.24) is 4.57 Å². The minimum Gasteiger partial charge on any atom is -0.345 e. The number of benzene rings is 1. The van der Waals surface area contributed by atoms with Crippen LogP contribution >= 0.6 is 0 Å². The van der Waals surface area contributed by atoms with Crippen LogP contribution < -0.4 is 0 Å². The van der Waals surface area contributed by atoms with Crippen LogP contribution in [0.3, 0.4) is 0 Å². The molecule has 0 atom stereocenters. The summed E-state index contributed by atoms with van der Waals surface area (Å²) in [6, 6.07) is 10.7. The van der Waals surface area contributed by atoms with Gasteiger partial charge in [0.25, 0.3) is 0 Å². The fourth-order valence-corrected chi connectivity index (χ4v) is 1.77. The minimum atomic E-state index is 1.05. The zero-order chi connectivity index (χ0) is 10.6. The Hall–Kier alpha value is -1.24. The Bertz CT molecular complexity index is 399. The van der Waals surface area contributed by atoms with Gasteiger partial charge in [0, 0.05) is 17.8 Å². The number of hydrogen-bond acceptors (Lipinski definition) is 0. The lowest BCUT2D eigenvalue weighted by Crippen LogP contribution is -1.94. The predicted octanol–water partition coefficient (Wildman–Crippen LogP) is 4.00. The third-order valence-corrected chi connectivity index (χ3v) is 2.33. The van der Waals surface area contributed by atoms with Crippen molar-refractivity contribution >= 4 is 10.9 Å². The van der Waals surface area contributed by atoms with E-state index in [1.807, 2.05) is 13.8 Å². The Kier molecular flexibility index (Phi) is 3.75. The highest BCUT2D eigenvalue weighted by Gasteiger charge is 2.01. The van der Waals surface area contributed by atoms with Gasteiger partial charge < -0.3 is 4.57 Å². The Morgan fingerprint density at radius 1 is 1.14 bits per heavy atom. The zero-order valence-corrected chi connectivity index (χ0v) is 9.54. The SMILES string of the molecule is CC.CCn1c(C)cc2ccccc21. The van der Waals surface area contributed by atoms with Crippen molar-refractivity contribution in [2.45, 2.75) is 34.2 Å². The Balaban J connectivity index is 0.000000461. The molecule has 1 heterocycles. The molecule has 0 bridgehead atoms. The molecule has 0 saturated heterocycles. The van der Waals surface area contributed by atoms with E-state index in [4.69, 9.17) is 0 Å². The molecule has 76 valence electrons. The van der Waals surface area contributed by atoms with Crippen molar-refractivity contribution in [3.05, 3.63) is 36.0 Å². The summed E-state index contributed by atoms with van der Waals surface area (Å²) >= 11 is 0. The van der Waals surface area contributed by atoms with E-state index < -0.39 is 0 Å². The summed E-state index contributed by atoms with van der Waals surface area (Å²) in [5.41, 5.74) is 2.69. The van der Waals surface area contributed by atoms with Gasteiger partial charge in [-0.2, -0.15) is 0 Å². The van der Waals surface area contributed by atoms with Crippen LogP contribution in [0.15, 0.2) is 30.3 Å². The summed E-state index contributed by atoms with van der Waals surface area (Å²) in [7, 11) is 0. The number of hydrogen-bond donors (Lipinski definition) is 0. The quantitative estimate of drug-likeness (QED) is 0.639. The normalized spacial score (nSPS) is 9.71. The monoisotopic (exact) mass is 189 g/mol. The fraction of sp³-hybridized carbons (Fsp3) is 0.385. The molecule has 0 fully saturated rings. The molecule has 1 aromatic heterocycles. The zero-order valence-electron chi connectivity index (χ0n) is 9.54. The lowest BCUT2D eigenvalue weighted by molar-refractivity contribution is 0.770. The number of para-hydroxylation sites is 1. The maximum absolute atomic E-state index is 2.33. The molecule has 1 nitrogen and oxygen atoms in total. The standard InChI is InChI=1S/C11H13N.C2H6/c1-3-12-9(2)8-10-6-4-5-7-11(10)12;1-2/h4-8H,3H2,1-2H3;1-2H3. The van der Waals surface area contributed by atoms with Crippen LogP contribution in [0.1, 0.15) is 26.5 Å². The van der Waals surface area contributed by atoms with Crippen LogP contribution in [0.4, 0.5) is 0 Å². The first-order chi connectivity index (χ1) is 6.83. The molecule has 0 amide bonds. The lowest BCUT2D eigenvalue weighted by atomic mass is 10.2. The maximum atomic E-state index is 2.33. The van der Waals surface area contributed by atoms with Crippen LogP contribution in [0, 0.1) is 6.92 Å². The van der Waals surface area contributed by atoms with Gasteiger partial charge in [0.05, 0.1) is 0 Å². The average Bonchev–Trinajstić information content (AvgIpc) is 2.56. The Morgan fingerprint density at radius 3 is 2.43 bits per heavy atom. The van der Waals surface area contributed by atoms with E-state index in [9.17, 15) is 0 Å². The van der Waals surface area contributed by atoms with Crippen molar-refractivity contribution in [1.29, 1.82) is 0 Å². The van der Waals surface area contributed by atoms with Crippen molar-refractivity contribution in [3.8, 4) is 0 Å². The minimum absolute atomic E-state index is 1.05. The molecule has 1 aromatic carbocycles. The van der Waals surface area contributed by atoms with Crippen molar-refractivity contribution in [2.75, 3.05) is 0 Å². The highest BCUT2D eigenvalue weighted by atomic mass is 15.0. The molecule has 14 heavy (non-hydrogen) atoms. The smallest absolute Gasteiger partial charge is 0.0482 e. The lowest BCUT2D eigenvalue weighted by Gasteiger charge is -2.02. The molecular formula is C13H19N. The Labute approximate surface area is 86.4 Å². The van der Waals surface area contributed by atoms with Gasteiger partial charge >= 0.3 is 0 Å². The van der Waals surface area contributed by atoms with Gasteiger partial charge in [-0.15, -0.1) is 0 Å². The molecule has 0 saturated carbocycles. The first-order valence-electron chi connectivity index (χ1n) is 5.38. The number of aromatic nitrogens is 1. The summed E-state index contributed by atoms with van der Waals surface area (Å²) in [5, 5.41) is 1.34. The third-order valence-electron chi connectivity index (χ3n) is 2.33. The van der Waals surface area contributed by atoms with E-state index in [1.54, 1.807) is 0 Å². The van der Waals surface area contributed by atoms with E-state index in [1.165, 1.54) is 16.6 Å². The van der Waals surface area contributed by atoms with Gasteiger partial charge in [-0.05, 0) is 31.4 Å². The van der Waals surface area contributed by atoms with Crippen LogP contribution in [-0.4, -0.2) is 4.57 Å². The number of nitrogens with zero attached hydrogens (tertiary/aromatic N) is 1.